The van der Waals surface area contributed by atoms with Gasteiger partial charge in [0.15, 0.2) is 5.65 Å². The first-order chi connectivity index (χ1) is 18.4. The van der Waals surface area contributed by atoms with Crippen LogP contribution < -0.4 is 5.32 Å². The number of rotatable bonds is 8. The van der Waals surface area contributed by atoms with Crippen molar-refractivity contribution in [2.75, 3.05) is 26.7 Å². The second kappa shape index (κ2) is 11.0. The fourth-order valence-corrected chi connectivity index (χ4v) is 5.39. The highest BCUT2D eigenvalue weighted by Crippen LogP contribution is 2.34. The van der Waals surface area contributed by atoms with E-state index in [4.69, 9.17) is 9.40 Å². The number of hydrogen-bond donors (Lipinski definition) is 2. The van der Waals surface area contributed by atoms with Crippen molar-refractivity contribution in [3.8, 4) is 11.5 Å². The van der Waals surface area contributed by atoms with Crippen molar-refractivity contribution >= 4 is 11.6 Å². The van der Waals surface area contributed by atoms with E-state index in [-0.39, 0.29) is 24.3 Å². The molecule has 4 heterocycles. The van der Waals surface area contributed by atoms with Crippen LogP contribution in [0.4, 0.5) is 0 Å². The Balaban J connectivity index is 1.29. The van der Waals surface area contributed by atoms with Crippen LogP contribution in [0.25, 0.3) is 17.1 Å². The maximum Gasteiger partial charge on any atom is 0.247 e. The fraction of sp³-hybridized carbons (Fsp3) is 0.464. The van der Waals surface area contributed by atoms with Gasteiger partial charge in [-0.2, -0.15) is 5.10 Å². The Labute approximate surface area is 222 Å². The number of piperidine rings is 1. The number of likely N-dealkylation sites (N-methyl/N-ethyl adjacent to an activating group) is 1. The zero-order valence-electron chi connectivity index (χ0n) is 22.4. The van der Waals surface area contributed by atoms with Crippen LogP contribution in [-0.2, 0) is 4.79 Å². The lowest BCUT2D eigenvalue weighted by molar-refractivity contribution is -0.135. The zero-order chi connectivity index (χ0) is 26.8. The van der Waals surface area contributed by atoms with E-state index < -0.39 is 6.04 Å². The van der Waals surface area contributed by atoms with E-state index in [1.54, 1.807) is 11.9 Å². The molecule has 2 unspecified atom stereocenters. The van der Waals surface area contributed by atoms with Crippen LogP contribution in [0.15, 0.2) is 40.9 Å². The second-order valence-electron chi connectivity index (χ2n) is 9.99. The quantitative estimate of drug-likeness (QED) is 0.365. The Morgan fingerprint density at radius 2 is 1.89 bits per heavy atom. The lowest BCUT2D eigenvalue weighted by atomic mass is 9.88. The first-order valence-electron chi connectivity index (χ1n) is 13.3. The number of carbonyl (C=O) groups excluding carboxylic acids is 1. The molecule has 1 fully saturated rings. The van der Waals surface area contributed by atoms with E-state index in [2.05, 4.69) is 39.7 Å². The number of aliphatic hydroxyl groups excluding tert-OH is 1. The molecule has 0 bridgehead atoms. The molecule has 0 spiro atoms. The maximum absolute atomic E-state index is 12.5. The number of aromatic nitrogens is 5. The smallest absolute Gasteiger partial charge is 0.247 e. The molecule has 4 aromatic rings. The normalized spacial score (nSPS) is 16.2. The third-order valence-electron chi connectivity index (χ3n) is 7.59. The summed E-state index contributed by atoms with van der Waals surface area (Å²) in [6, 6.07) is 9.71. The standard InChI is InChI=1S/C28H35N7O3/c1-5-22(24-18(3)33-35-15-10-17(2)30-25(24)35)19-6-8-20(9-7-19)26-31-32-27(38-26)21-11-13-34(14-12-21)28(37)23(16-36)29-4/h6-10,15,21-23,29,36H,5,11-14,16H2,1-4H3. The molecular formula is C28H35N7O3. The minimum atomic E-state index is -0.561. The molecule has 0 aliphatic carbocycles. The van der Waals surface area contributed by atoms with Gasteiger partial charge in [0, 0.05) is 47.9 Å². The molecule has 2 atom stereocenters. The third kappa shape index (κ3) is 4.93. The number of amides is 1. The number of benzene rings is 1. The monoisotopic (exact) mass is 517 g/mol. The van der Waals surface area contributed by atoms with Crippen molar-refractivity contribution in [3.63, 3.8) is 0 Å². The Bertz CT molecular complexity index is 1400. The minimum absolute atomic E-state index is 0.0737. The van der Waals surface area contributed by atoms with E-state index in [0.717, 1.165) is 47.4 Å². The molecule has 1 aromatic carbocycles. The number of aryl methyl sites for hydroxylation is 2. The van der Waals surface area contributed by atoms with E-state index in [1.807, 2.05) is 42.8 Å². The number of nitrogens with zero attached hydrogens (tertiary/aromatic N) is 6. The summed E-state index contributed by atoms with van der Waals surface area (Å²) in [7, 11) is 1.68. The van der Waals surface area contributed by atoms with Crippen LogP contribution in [0.5, 0.6) is 0 Å². The largest absolute Gasteiger partial charge is 0.420 e. The Morgan fingerprint density at radius 1 is 1.16 bits per heavy atom. The van der Waals surface area contributed by atoms with Crippen molar-refractivity contribution in [3.05, 3.63) is 64.9 Å². The maximum atomic E-state index is 12.5. The van der Waals surface area contributed by atoms with Gasteiger partial charge in [-0.05, 0) is 63.9 Å². The summed E-state index contributed by atoms with van der Waals surface area (Å²) in [6.07, 6.45) is 4.39. The van der Waals surface area contributed by atoms with E-state index in [0.29, 0.717) is 24.9 Å². The topological polar surface area (TPSA) is 122 Å². The molecule has 2 N–H and O–H groups in total. The molecule has 3 aromatic heterocycles. The van der Waals surface area contributed by atoms with Gasteiger partial charge in [0.2, 0.25) is 17.7 Å². The second-order valence-corrected chi connectivity index (χ2v) is 9.99. The van der Waals surface area contributed by atoms with Crippen LogP contribution in [-0.4, -0.2) is 73.5 Å². The predicted molar refractivity (Wildman–Crippen MR) is 143 cm³/mol. The van der Waals surface area contributed by atoms with Crippen molar-refractivity contribution in [1.82, 2.24) is 35.0 Å². The molecule has 0 radical (unpaired) electrons. The van der Waals surface area contributed by atoms with Crippen molar-refractivity contribution < 1.29 is 14.3 Å². The minimum Gasteiger partial charge on any atom is -0.420 e. The van der Waals surface area contributed by atoms with Crippen LogP contribution in [0, 0.1) is 13.8 Å². The molecule has 38 heavy (non-hydrogen) atoms. The molecule has 0 saturated carbocycles. The van der Waals surface area contributed by atoms with Crippen molar-refractivity contribution in [2.24, 2.45) is 0 Å². The summed E-state index contributed by atoms with van der Waals surface area (Å²) < 4.78 is 7.94. The Morgan fingerprint density at radius 3 is 2.55 bits per heavy atom. The number of aliphatic hydroxyl groups is 1. The molecule has 10 nitrogen and oxygen atoms in total. The molecule has 1 saturated heterocycles. The van der Waals surface area contributed by atoms with Crippen LogP contribution in [0.3, 0.4) is 0 Å². The van der Waals surface area contributed by atoms with Gasteiger partial charge in [-0.15, -0.1) is 10.2 Å². The van der Waals surface area contributed by atoms with Gasteiger partial charge >= 0.3 is 0 Å². The summed E-state index contributed by atoms with van der Waals surface area (Å²) in [4.78, 5) is 19.1. The van der Waals surface area contributed by atoms with E-state index >= 15 is 0 Å². The number of hydrogen-bond acceptors (Lipinski definition) is 8. The van der Waals surface area contributed by atoms with Gasteiger partial charge in [-0.1, -0.05) is 19.1 Å². The zero-order valence-corrected chi connectivity index (χ0v) is 22.4. The van der Waals surface area contributed by atoms with Gasteiger partial charge < -0.3 is 19.7 Å². The molecule has 10 heteroatoms. The van der Waals surface area contributed by atoms with Crippen molar-refractivity contribution in [2.45, 2.75) is 57.9 Å². The third-order valence-corrected chi connectivity index (χ3v) is 7.59. The van der Waals surface area contributed by atoms with Gasteiger partial charge in [0.1, 0.15) is 6.04 Å². The molecule has 1 aliphatic heterocycles. The van der Waals surface area contributed by atoms with E-state index in [1.165, 1.54) is 5.56 Å². The number of nitrogens with one attached hydrogen (secondary N) is 1. The summed E-state index contributed by atoms with van der Waals surface area (Å²) >= 11 is 0. The summed E-state index contributed by atoms with van der Waals surface area (Å²) in [6.45, 7) is 7.22. The number of likely N-dealkylation sites (tertiary alicyclic amines) is 1. The Kier molecular flexibility index (Phi) is 7.53. The molecule has 5 rings (SSSR count). The predicted octanol–water partition coefficient (Wildman–Crippen LogP) is 3.22. The average Bonchev–Trinajstić information content (AvgIpc) is 3.55. The first kappa shape index (κ1) is 26.0. The van der Waals surface area contributed by atoms with Gasteiger partial charge in [0.05, 0.1) is 12.3 Å². The van der Waals surface area contributed by atoms with Crippen molar-refractivity contribution in [1.29, 1.82) is 0 Å². The van der Waals surface area contributed by atoms with Crippen LogP contribution >= 0.6 is 0 Å². The molecule has 1 amide bonds. The van der Waals surface area contributed by atoms with Gasteiger partial charge in [0.25, 0.3) is 0 Å². The van der Waals surface area contributed by atoms with Gasteiger partial charge in [-0.3, -0.25) is 4.79 Å². The molecule has 200 valence electrons. The average molecular weight is 518 g/mol. The van der Waals surface area contributed by atoms with Gasteiger partial charge in [-0.25, -0.2) is 9.50 Å². The summed E-state index contributed by atoms with van der Waals surface area (Å²) in [5.41, 5.74) is 6.10. The molecule has 1 aliphatic rings. The number of fused-ring (bicyclic) bond motifs is 1. The highest BCUT2D eigenvalue weighted by atomic mass is 16.4. The van der Waals surface area contributed by atoms with E-state index in [9.17, 15) is 9.90 Å². The highest BCUT2D eigenvalue weighted by Gasteiger charge is 2.30. The lowest BCUT2D eigenvalue weighted by Gasteiger charge is -2.32. The first-order valence-corrected chi connectivity index (χ1v) is 13.3. The lowest BCUT2D eigenvalue weighted by Crippen LogP contribution is -2.49. The number of carbonyl (C=O) groups is 1. The summed E-state index contributed by atoms with van der Waals surface area (Å²) in [5.74, 6) is 1.32. The molecular weight excluding hydrogens is 482 g/mol. The summed E-state index contributed by atoms with van der Waals surface area (Å²) in [5, 5.41) is 25.6. The SMILES string of the molecule is CCC(c1ccc(-c2nnc(C3CCN(C(=O)C(CO)NC)CC3)o2)cc1)c1c(C)nn2ccc(C)nc12. The fourth-order valence-electron chi connectivity index (χ4n) is 5.39. The Hall–Kier alpha value is -3.63. The van der Waals surface area contributed by atoms with Crippen LogP contribution in [0.1, 0.15) is 66.4 Å². The van der Waals surface area contributed by atoms with Crippen LogP contribution in [0.2, 0.25) is 0 Å². The highest BCUT2D eigenvalue weighted by molar-refractivity contribution is 5.82.